The molecule has 0 unspecified atom stereocenters. The second-order valence-corrected chi connectivity index (χ2v) is 4.87. The molecule has 0 radical (unpaired) electrons. The van der Waals surface area contributed by atoms with Crippen LogP contribution >= 0.6 is 0 Å². The Bertz CT molecular complexity index is 229. The van der Waals surface area contributed by atoms with Gasteiger partial charge in [-0.25, -0.2) is 0 Å². The van der Waals surface area contributed by atoms with E-state index in [1.54, 1.807) is 0 Å². The summed E-state index contributed by atoms with van der Waals surface area (Å²) < 4.78 is 0. The van der Waals surface area contributed by atoms with Gasteiger partial charge in [0.05, 0.1) is 0 Å². The van der Waals surface area contributed by atoms with Gasteiger partial charge < -0.3 is 0 Å². The normalized spacial score (nSPS) is 13.4. The molecule has 92 valence electrons. The topological polar surface area (TPSA) is 0 Å². The molecule has 0 saturated heterocycles. The summed E-state index contributed by atoms with van der Waals surface area (Å²) >= 11 is 0. The minimum Gasteiger partial charge on any atom is -0.0683 e. The average Bonchev–Trinajstić information content (AvgIpc) is 3.05. The highest BCUT2D eigenvalue weighted by Crippen LogP contribution is 2.32. The van der Waals surface area contributed by atoms with Crippen molar-refractivity contribution in [3.05, 3.63) is 35.9 Å². The zero-order valence-electron chi connectivity index (χ0n) is 11.7. The van der Waals surface area contributed by atoms with Crippen molar-refractivity contribution in [3.63, 3.8) is 0 Å². The highest BCUT2D eigenvalue weighted by Gasteiger charge is 2.20. The van der Waals surface area contributed by atoms with E-state index in [9.17, 15) is 0 Å². The Hall–Kier alpha value is -0.780. The van der Waals surface area contributed by atoms with Crippen molar-refractivity contribution in [2.75, 3.05) is 0 Å². The Morgan fingerprint density at radius 3 is 1.81 bits per heavy atom. The molecule has 0 nitrogen and oxygen atoms in total. The van der Waals surface area contributed by atoms with Gasteiger partial charge in [0.1, 0.15) is 0 Å². The molecule has 0 spiro atoms. The van der Waals surface area contributed by atoms with Crippen LogP contribution in [0.5, 0.6) is 0 Å². The molecule has 1 aromatic carbocycles. The van der Waals surface area contributed by atoms with Crippen molar-refractivity contribution in [1.82, 2.24) is 0 Å². The summed E-state index contributed by atoms with van der Waals surface area (Å²) in [5.74, 6) is 1.85. The standard InChI is InChI=1S/C10H12.C4H10.C2H6/c1-2-4-9(5-3-1)8-10-6-7-10;1-4(2)3;1-2/h1-5,10H,6-8H2;4H,1-3H3;1-2H3. The molecule has 16 heavy (non-hydrogen) atoms. The van der Waals surface area contributed by atoms with Gasteiger partial charge in [-0.1, -0.05) is 65.0 Å². The van der Waals surface area contributed by atoms with Crippen LogP contribution in [0.3, 0.4) is 0 Å². The van der Waals surface area contributed by atoms with Crippen molar-refractivity contribution in [1.29, 1.82) is 0 Å². The Labute approximate surface area is 102 Å². The van der Waals surface area contributed by atoms with Gasteiger partial charge in [-0.3, -0.25) is 0 Å². The van der Waals surface area contributed by atoms with E-state index in [0.717, 1.165) is 11.8 Å². The molecule has 1 aromatic rings. The van der Waals surface area contributed by atoms with Crippen LogP contribution in [0.25, 0.3) is 0 Å². The van der Waals surface area contributed by atoms with Gasteiger partial charge >= 0.3 is 0 Å². The second kappa shape index (κ2) is 9.45. The third-order valence-corrected chi connectivity index (χ3v) is 2.06. The van der Waals surface area contributed by atoms with Gasteiger partial charge in [-0.05, 0) is 36.7 Å². The van der Waals surface area contributed by atoms with E-state index in [2.05, 4.69) is 51.1 Å². The minimum absolute atomic E-state index is 0.833. The maximum atomic E-state index is 2.22. The smallest absolute Gasteiger partial charge is 0.0250 e. The zero-order valence-corrected chi connectivity index (χ0v) is 11.7. The Morgan fingerprint density at radius 2 is 1.44 bits per heavy atom. The molecule has 1 aliphatic rings. The van der Waals surface area contributed by atoms with Crippen LogP contribution in [0.4, 0.5) is 0 Å². The fraction of sp³-hybridized carbons (Fsp3) is 0.625. The van der Waals surface area contributed by atoms with Crippen molar-refractivity contribution in [2.45, 2.75) is 53.9 Å². The molecule has 0 N–H and O–H groups in total. The van der Waals surface area contributed by atoms with E-state index in [1.807, 2.05) is 13.8 Å². The average molecular weight is 220 g/mol. The molecule has 0 amide bonds. The minimum atomic E-state index is 0.833. The number of hydrogen-bond donors (Lipinski definition) is 0. The summed E-state index contributed by atoms with van der Waals surface area (Å²) in [5.41, 5.74) is 1.50. The summed E-state index contributed by atoms with van der Waals surface area (Å²) in [4.78, 5) is 0. The molecule has 0 aromatic heterocycles. The zero-order chi connectivity index (χ0) is 12.4. The van der Waals surface area contributed by atoms with Crippen molar-refractivity contribution in [2.24, 2.45) is 11.8 Å². The first-order valence-electron chi connectivity index (χ1n) is 6.72. The molecule has 0 aliphatic heterocycles. The molecule has 1 fully saturated rings. The van der Waals surface area contributed by atoms with Crippen molar-refractivity contribution in [3.8, 4) is 0 Å². The van der Waals surface area contributed by atoms with E-state index in [1.165, 1.54) is 24.8 Å². The summed E-state index contributed by atoms with van der Waals surface area (Å²) in [7, 11) is 0. The summed E-state index contributed by atoms with van der Waals surface area (Å²) in [5, 5.41) is 0. The van der Waals surface area contributed by atoms with Crippen LogP contribution in [0.1, 0.15) is 53.0 Å². The summed E-state index contributed by atoms with van der Waals surface area (Å²) in [6, 6.07) is 10.8. The Morgan fingerprint density at radius 1 is 1.00 bits per heavy atom. The molecule has 0 atom stereocenters. The molecule has 0 heteroatoms. The Kier molecular flexibility index (Phi) is 8.99. The van der Waals surface area contributed by atoms with Gasteiger partial charge in [0, 0.05) is 0 Å². The molecular formula is C16H28. The monoisotopic (exact) mass is 220 g/mol. The molecular weight excluding hydrogens is 192 g/mol. The van der Waals surface area contributed by atoms with Crippen LogP contribution < -0.4 is 0 Å². The van der Waals surface area contributed by atoms with Gasteiger partial charge in [0.25, 0.3) is 0 Å². The first-order chi connectivity index (χ1) is 7.68. The van der Waals surface area contributed by atoms with Gasteiger partial charge in [-0.2, -0.15) is 0 Å². The van der Waals surface area contributed by atoms with E-state index in [4.69, 9.17) is 0 Å². The lowest BCUT2D eigenvalue weighted by molar-refractivity contribution is 0.737. The van der Waals surface area contributed by atoms with Gasteiger partial charge in [0.15, 0.2) is 0 Å². The van der Waals surface area contributed by atoms with Crippen LogP contribution in [0.2, 0.25) is 0 Å². The summed E-state index contributed by atoms with van der Waals surface area (Å²) in [6.07, 6.45) is 4.21. The maximum absolute atomic E-state index is 2.22. The van der Waals surface area contributed by atoms with Gasteiger partial charge in [0.2, 0.25) is 0 Å². The van der Waals surface area contributed by atoms with Crippen LogP contribution in [0, 0.1) is 11.8 Å². The largest absolute Gasteiger partial charge is 0.0683 e. The molecule has 2 rings (SSSR count). The number of benzene rings is 1. The highest BCUT2D eigenvalue weighted by atomic mass is 14.3. The third-order valence-electron chi connectivity index (χ3n) is 2.06. The van der Waals surface area contributed by atoms with Crippen LogP contribution in [-0.4, -0.2) is 0 Å². The first-order valence-corrected chi connectivity index (χ1v) is 6.72. The van der Waals surface area contributed by atoms with Crippen LogP contribution in [-0.2, 0) is 6.42 Å². The highest BCUT2D eigenvalue weighted by molar-refractivity contribution is 5.15. The Balaban J connectivity index is 0.000000323. The van der Waals surface area contributed by atoms with E-state index in [-0.39, 0.29) is 0 Å². The van der Waals surface area contributed by atoms with Gasteiger partial charge in [-0.15, -0.1) is 0 Å². The summed E-state index contributed by atoms with van der Waals surface area (Å²) in [6.45, 7) is 10.5. The van der Waals surface area contributed by atoms with Crippen LogP contribution in [0.15, 0.2) is 30.3 Å². The maximum Gasteiger partial charge on any atom is -0.0250 e. The lowest BCUT2D eigenvalue weighted by Gasteiger charge is -1.95. The fourth-order valence-corrected chi connectivity index (χ4v) is 1.27. The predicted octanol–water partition coefficient (Wildman–Crippen LogP) is 5.33. The lowest BCUT2D eigenvalue weighted by Crippen LogP contribution is -1.84. The third kappa shape index (κ3) is 9.76. The predicted molar refractivity (Wildman–Crippen MR) is 74.7 cm³/mol. The second-order valence-electron chi connectivity index (χ2n) is 4.87. The first kappa shape index (κ1) is 15.2. The van der Waals surface area contributed by atoms with Crippen molar-refractivity contribution >= 4 is 0 Å². The SMILES string of the molecule is CC.CC(C)C.c1ccc(CC2CC2)cc1. The number of rotatable bonds is 2. The molecule has 0 bridgehead atoms. The van der Waals surface area contributed by atoms with E-state index >= 15 is 0 Å². The van der Waals surface area contributed by atoms with E-state index < -0.39 is 0 Å². The van der Waals surface area contributed by atoms with E-state index in [0.29, 0.717) is 0 Å². The fourth-order valence-electron chi connectivity index (χ4n) is 1.27. The molecule has 1 saturated carbocycles. The van der Waals surface area contributed by atoms with Crippen molar-refractivity contribution < 1.29 is 0 Å². The molecule has 0 heterocycles. The molecule has 1 aliphatic carbocycles. The quantitative estimate of drug-likeness (QED) is 0.632. The number of hydrogen-bond acceptors (Lipinski definition) is 0. The lowest BCUT2D eigenvalue weighted by atomic mass is 10.1.